The number of amides is 2. The smallest absolute Gasteiger partial charge is 0.317 e. The highest BCUT2D eigenvalue weighted by molar-refractivity contribution is 5.74. The topological polar surface area (TPSA) is 59.4 Å². The molecule has 2 heterocycles. The minimum atomic E-state index is 0.00188. The normalized spacial score (nSPS) is 17.2. The van der Waals surface area contributed by atoms with Crippen molar-refractivity contribution in [2.24, 2.45) is 5.92 Å². The molecule has 0 spiro atoms. The molecule has 6 nitrogen and oxygen atoms in total. The van der Waals surface area contributed by atoms with Gasteiger partial charge in [0.05, 0.1) is 12.9 Å². The van der Waals surface area contributed by atoms with Gasteiger partial charge >= 0.3 is 6.03 Å². The summed E-state index contributed by atoms with van der Waals surface area (Å²) in [6, 6.07) is 8.09. The van der Waals surface area contributed by atoms with Crippen molar-refractivity contribution < 1.29 is 9.53 Å². The lowest BCUT2D eigenvalue weighted by Crippen LogP contribution is -2.38. The molecule has 3 rings (SSSR count). The van der Waals surface area contributed by atoms with Gasteiger partial charge in [-0.1, -0.05) is 12.1 Å². The van der Waals surface area contributed by atoms with E-state index in [4.69, 9.17) is 4.74 Å². The number of nitrogens with one attached hydrogen (secondary N) is 1. The Bertz CT molecular complexity index is 657. The van der Waals surface area contributed by atoms with Crippen molar-refractivity contribution in [2.45, 2.75) is 19.9 Å². The molecule has 128 valence electrons. The molecule has 1 N–H and O–H groups in total. The van der Waals surface area contributed by atoms with Crippen molar-refractivity contribution in [3.05, 3.63) is 48.5 Å². The van der Waals surface area contributed by atoms with Crippen LogP contribution in [0.5, 0.6) is 0 Å². The largest absolute Gasteiger partial charge is 0.381 e. The third kappa shape index (κ3) is 4.14. The summed E-state index contributed by atoms with van der Waals surface area (Å²) in [6.07, 6.45) is 6.44. The summed E-state index contributed by atoms with van der Waals surface area (Å²) in [6.45, 7) is 5.58. The number of carbonyl (C=O) groups excluding carboxylic acids is 1. The molecule has 0 aliphatic carbocycles. The Hall–Kier alpha value is -2.34. The van der Waals surface area contributed by atoms with Crippen LogP contribution in [0.15, 0.2) is 43.0 Å². The highest BCUT2D eigenvalue weighted by atomic mass is 16.5. The fourth-order valence-electron chi connectivity index (χ4n) is 2.97. The van der Waals surface area contributed by atoms with E-state index in [1.54, 1.807) is 12.5 Å². The second-order valence-electron chi connectivity index (χ2n) is 6.06. The zero-order valence-corrected chi connectivity index (χ0v) is 14.0. The molecule has 0 bridgehead atoms. The van der Waals surface area contributed by atoms with Crippen LogP contribution in [-0.2, 0) is 11.3 Å². The first kappa shape index (κ1) is 16.5. The predicted octanol–water partition coefficient (Wildman–Crippen LogP) is 2.44. The first-order valence-corrected chi connectivity index (χ1v) is 8.44. The molecule has 1 aliphatic heterocycles. The van der Waals surface area contributed by atoms with Crippen LogP contribution in [0.1, 0.15) is 18.9 Å². The SMILES string of the molecule is CCOCC1CCN(C(=O)NCc2cccc(-n3ccnc3)c2)C1. The molecule has 0 radical (unpaired) electrons. The highest BCUT2D eigenvalue weighted by Gasteiger charge is 2.25. The zero-order chi connectivity index (χ0) is 16.8. The molecule has 1 atom stereocenters. The van der Waals surface area contributed by atoms with Gasteiger partial charge in [-0.2, -0.15) is 0 Å². The van der Waals surface area contributed by atoms with Crippen molar-refractivity contribution in [2.75, 3.05) is 26.3 Å². The second kappa shape index (κ2) is 7.97. The van der Waals surface area contributed by atoms with Crippen molar-refractivity contribution in [3.8, 4) is 5.69 Å². The van der Waals surface area contributed by atoms with E-state index in [0.29, 0.717) is 12.5 Å². The number of benzene rings is 1. The first-order valence-electron chi connectivity index (χ1n) is 8.44. The maximum atomic E-state index is 12.3. The van der Waals surface area contributed by atoms with Crippen LogP contribution < -0.4 is 5.32 Å². The monoisotopic (exact) mass is 328 g/mol. The Morgan fingerprint density at radius 2 is 2.38 bits per heavy atom. The zero-order valence-electron chi connectivity index (χ0n) is 14.0. The minimum Gasteiger partial charge on any atom is -0.381 e. The molecule has 6 heteroatoms. The number of ether oxygens (including phenoxy) is 1. The lowest BCUT2D eigenvalue weighted by Gasteiger charge is -2.17. The van der Waals surface area contributed by atoms with Gasteiger partial charge in [-0.15, -0.1) is 0 Å². The van der Waals surface area contributed by atoms with E-state index in [2.05, 4.69) is 16.4 Å². The lowest BCUT2D eigenvalue weighted by molar-refractivity contribution is 0.113. The minimum absolute atomic E-state index is 0.00188. The van der Waals surface area contributed by atoms with E-state index >= 15 is 0 Å². The standard InChI is InChI=1S/C18H24N4O2/c1-2-24-13-16-6-8-21(12-16)18(23)20-11-15-4-3-5-17(10-15)22-9-7-19-14-22/h3-5,7,9-10,14,16H,2,6,8,11-13H2,1H3,(H,20,23). The molecule has 0 saturated carbocycles. The summed E-state index contributed by atoms with van der Waals surface area (Å²) in [5.41, 5.74) is 2.11. The lowest BCUT2D eigenvalue weighted by atomic mass is 10.1. The number of likely N-dealkylation sites (tertiary alicyclic amines) is 1. The van der Waals surface area contributed by atoms with Crippen LogP contribution >= 0.6 is 0 Å². The Kier molecular flexibility index (Phi) is 5.48. The van der Waals surface area contributed by atoms with Crippen molar-refractivity contribution in [1.82, 2.24) is 19.8 Å². The summed E-state index contributed by atoms with van der Waals surface area (Å²) in [7, 11) is 0. The Labute approximate surface area is 142 Å². The Morgan fingerprint density at radius 3 is 3.17 bits per heavy atom. The molecule has 2 aromatic rings. The summed E-state index contributed by atoms with van der Waals surface area (Å²) in [5, 5.41) is 3.01. The molecule has 1 fully saturated rings. The van der Waals surface area contributed by atoms with Gasteiger partial charge in [0.25, 0.3) is 0 Å². The van der Waals surface area contributed by atoms with Gasteiger partial charge in [0, 0.05) is 50.2 Å². The van der Waals surface area contributed by atoms with Crippen LogP contribution in [0.4, 0.5) is 4.79 Å². The Balaban J connectivity index is 1.51. The van der Waals surface area contributed by atoms with Gasteiger partial charge in [-0.25, -0.2) is 9.78 Å². The third-order valence-corrected chi connectivity index (χ3v) is 4.29. The van der Waals surface area contributed by atoms with Crippen molar-refractivity contribution in [3.63, 3.8) is 0 Å². The van der Waals surface area contributed by atoms with Gasteiger partial charge in [0.15, 0.2) is 0 Å². The van der Waals surface area contributed by atoms with E-state index in [1.165, 1.54) is 0 Å². The van der Waals surface area contributed by atoms with Gasteiger partial charge in [-0.3, -0.25) is 0 Å². The second-order valence-corrected chi connectivity index (χ2v) is 6.06. The predicted molar refractivity (Wildman–Crippen MR) is 92.0 cm³/mol. The van der Waals surface area contributed by atoms with E-state index in [-0.39, 0.29) is 6.03 Å². The highest BCUT2D eigenvalue weighted by Crippen LogP contribution is 2.17. The van der Waals surface area contributed by atoms with Crippen LogP contribution in [0.3, 0.4) is 0 Å². The summed E-state index contributed by atoms with van der Waals surface area (Å²) >= 11 is 0. The number of nitrogens with zero attached hydrogens (tertiary/aromatic N) is 3. The maximum absolute atomic E-state index is 12.3. The molecule has 1 aliphatic rings. The quantitative estimate of drug-likeness (QED) is 0.886. The fourth-order valence-corrected chi connectivity index (χ4v) is 2.97. The third-order valence-electron chi connectivity index (χ3n) is 4.29. The van der Waals surface area contributed by atoms with E-state index < -0.39 is 0 Å². The first-order chi connectivity index (χ1) is 11.8. The number of rotatable bonds is 6. The van der Waals surface area contributed by atoms with Crippen molar-refractivity contribution in [1.29, 1.82) is 0 Å². The fraction of sp³-hybridized carbons (Fsp3) is 0.444. The molecule has 1 unspecified atom stereocenters. The molecule has 1 aromatic heterocycles. The average Bonchev–Trinajstić information content (AvgIpc) is 3.30. The molecule has 2 amide bonds. The molecular formula is C18H24N4O2. The summed E-state index contributed by atoms with van der Waals surface area (Å²) in [4.78, 5) is 18.2. The van der Waals surface area contributed by atoms with Gasteiger partial charge in [-0.05, 0) is 31.0 Å². The number of carbonyl (C=O) groups is 1. The number of imidazole rings is 1. The number of hydrogen-bond donors (Lipinski definition) is 1. The summed E-state index contributed by atoms with van der Waals surface area (Å²) < 4.78 is 7.41. The van der Waals surface area contributed by atoms with E-state index in [0.717, 1.165) is 44.0 Å². The molecular weight excluding hydrogens is 304 g/mol. The number of aromatic nitrogens is 2. The molecule has 1 saturated heterocycles. The van der Waals surface area contributed by atoms with Gasteiger partial charge in [0.2, 0.25) is 0 Å². The molecule has 1 aromatic carbocycles. The maximum Gasteiger partial charge on any atom is 0.317 e. The van der Waals surface area contributed by atoms with Crippen molar-refractivity contribution >= 4 is 6.03 Å². The summed E-state index contributed by atoms with van der Waals surface area (Å²) in [5.74, 6) is 0.459. The van der Waals surface area contributed by atoms with Crippen LogP contribution in [0, 0.1) is 5.92 Å². The van der Waals surface area contributed by atoms with E-state index in [1.807, 2.05) is 40.8 Å². The van der Waals surface area contributed by atoms with Crippen LogP contribution in [0.25, 0.3) is 5.69 Å². The van der Waals surface area contributed by atoms with Crippen LogP contribution in [0.2, 0.25) is 0 Å². The number of urea groups is 1. The molecule has 24 heavy (non-hydrogen) atoms. The van der Waals surface area contributed by atoms with E-state index in [9.17, 15) is 4.79 Å². The van der Waals surface area contributed by atoms with Gasteiger partial charge in [0.1, 0.15) is 0 Å². The van der Waals surface area contributed by atoms with Crippen LogP contribution in [-0.4, -0.2) is 46.8 Å². The number of hydrogen-bond acceptors (Lipinski definition) is 3. The average molecular weight is 328 g/mol. The van der Waals surface area contributed by atoms with Gasteiger partial charge < -0.3 is 19.5 Å². The Morgan fingerprint density at radius 1 is 1.46 bits per heavy atom.